The van der Waals surface area contributed by atoms with Crippen molar-refractivity contribution in [1.29, 1.82) is 0 Å². The van der Waals surface area contributed by atoms with Gasteiger partial charge in [0.1, 0.15) is 24.8 Å². The highest BCUT2D eigenvalue weighted by Gasteiger charge is 2.16. The summed E-state index contributed by atoms with van der Waals surface area (Å²) < 4.78 is 1.67. The molecule has 0 saturated heterocycles. The van der Waals surface area contributed by atoms with Crippen LogP contribution in [-0.2, 0) is 0 Å². The van der Waals surface area contributed by atoms with E-state index >= 15 is 0 Å². The van der Waals surface area contributed by atoms with Gasteiger partial charge in [-0.15, -0.1) is 0 Å². The smallest absolute Gasteiger partial charge is 0.164 e. The Balaban J connectivity index is 2.46. The Morgan fingerprint density at radius 2 is 2.11 bits per heavy atom. The maximum Gasteiger partial charge on any atom is 0.164 e. The number of rotatable bonds is 5. The Morgan fingerprint density at radius 1 is 1.28 bits per heavy atom. The molecular formula is C12H18N6. The van der Waals surface area contributed by atoms with Crippen LogP contribution in [0.3, 0.4) is 0 Å². The summed E-state index contributed by atoms with van der Waals surface area (Å²) in [7, 11) is 0. The second kappa shape index (κ2) is 5.57. The molecule has 0 unspecified atom stereocenters. The van der Waals surface area contributed by atoms with E-state index in [4.69, 9.17) is 0 Å². The Hall–Kier alpha value is -1.98. The van der Waals surface area contributed by atoms with E-state index < -0.39 is 0 Å². The minimum absolute atomic E-state index is 0.310. The molecule has 0 fully saturated rings. The SMILES string of the molecule is CCCNc1ncnc(-n2cncn2)c1C(C)C. The van der Waals surface area contributed by atoms with Crippen LogP contribution in [-0.4, -0.2) is 31.3 Å². The molecule has 0 spiro atoms. The molecule has 0 aliphatic carbocycles. The highest BCUT2D eigenvalue weighted by atomic mass is 15.3. The molecule has 0 atom stereocenters. The minimum Gasteiger partial charge on any atom is -0.370 e. The van der Waals surface area contributed by atoms with Crippen LogP contribution in [0.25, 0.3) is 5.82 Å². The minimum atomic E-state index is 0.310. The van der Waals surface area contributed by atoms with Crippen LogP contribution >= 0.6 is 0 Å². The van der Waals surface area contributed by atoms with Crippen LogP contribution in [0.5, 0.6) is 0 Å². The fourth-order valence-corrected chi connectivity index (χ4v) is 1.80. The van der Waals surface area contributed by atoms with Crippen molar-refractivity contribution in [3.05, 3.63) is 24.5 Å². The first-order valence-corrected chi connectivity index (χ1v) is 6.17. The molecule has 6 heteroatoms. The van der Waals surface area contributed by atoms with E-state index in [1.54, 1.807) is 17.3 Å². The fourth-order valence-electron chi connectivity index (χ4n) is 1.80. The van der Waals surface area contributed by atoms with Crippen LogP contribution in [0.4, 0.5) is 5.82 Å². The summed E-state index contributed by atoms with van der Waals surface area (Å²) in [6, 6.07) is 0. The molecule has 1 N–H and O–H groups in total. The molecular weight excluding hydrogens is 228 g/mol. The highest BCUT2D eigenvalue weighted by molar-refractivity contribution is 5.53. The van der Waals surface area contributed by atoms with Gasteiger partial charge in [-0.25, -0.2) is 19.6 Å². The van der Waals surface area contributed by atoms with Crippen LogP contribution in [0.15, 0.2) is 19.0 Å². The Morgan fingerprint density at radius 3 is 2.72 bits per heavy atom. The van der Waals surface area contributed by atoms with Gasteiger partial charge in [-0.3, -0.25) is 0 Å². The predicted molar refractivity (Wildman–Crippen MR) is 69.8 cm³/mol. The normalized spacial score (nSPS) is 10.9. The summed E-state index contributed by atoms with van der Waals surface area (Å²) in [6.45, 7) is 7.27. The molecule has 0 aromatic carbocycles. The van der Waals surface area contributed by atoms with Gasteiger partial charge in [0.05, 0.1) is 0 Å². The maximum atomic E-state index is 4.32. The molecule has 2 aromatic heterocycles. The van der Waals surface area contributed by atoms with Crippen molar-refractivity contribution < 1.29 is 0 Å². The lowest BCUT2D eigenvalue weighted by Crippen LogP contribution is -2.12. The van der Waals surface area contributed by atoms with Crippen LogP contribution in [0.2, 0.25) is 0 Å². The number of aromatic nitrogens is 5. The van der Waals surface area contributed by atoms with Gasteiger partial charge in [0.25, 0.3) is 0 Å². The first-order valence-electron chi connectivity index (χ1n) is 6.17. The average molecular weight is 246 g/mol. The Bertz CT molecular complexity index is 491. The Kier molecular flexibility index (Phi) is 3.86. The van der Waals surface area contributed by atoms with Gasteiger partial charge in [-0.2, -0.15) is 5.10 Å². The second-order valence-corrected chi connectivity index (χ2v) is 4.38. The summed E-state index contributed by atoms with van der Waals surface area (Å²) in [6.07, 6.45) is 5.77. The third kappa shape index (κ3) is 2.47. The van der Waals surface area contributed by atoms with E-state index in [2.05, 4.69) is 46.1 Å². The van der Waals surface area contributed by atoms with Crippen molar-refractivity contribution in [3.63, 3.8) is 0 Å². The summed E-state index contributed by atoms with van der Waals surface area (Å²) in [4.78, 5) is 12.6. The molecule has 0 amide bonds. The van der Waals surface area contributed by atoms with Crippen molar-refractivity contribution in [1.82, 2.24) is 24.7 Å². The first kappa shape index (κ1) is 12.5. The van der Waals surface area contributed by atoms with Crippen molar-refractivity contribution >= 4 is 5.82 Å². The van der Waals surface area contributed by atoms with Gasteiger partial charge < -0.3 is 5.32 Å². The zero-order valence-corrected chi connectivity index (χ0v) is 11.0. The molecule has 0 bridgehead atoms. The standard InChI is InChI=1S/C12H18N6/c1-4-5-14-11-10(9(2)3)12(16-7-15-11)18-8-13-6-17-18/h6-9H,4-5H2,1-3H3,(H,14,15,16). The van der Waals surface area contributed by atoms with E-state index in [0.717, 1.165) is 30.2 Å². The Labute approximate surface area is 106 Å². The number of hydrogen-bond donors (Lipinski definition) is 1. The lowest BCUT2D eigenvalue weighted by molar-refractivity contribution is 0.770. The summed E-state index contributed by atoms with van der Waals surface area (Å²) in [5.74, 6) is 1.98. The van der Waals surface area contributed by atoms with Gasteiger partial charge in [0.15, 0.2) is 5.82 Å². The lowest BCUT2D eigenvalue weighted by atomic mass is 10.0. The van der Waals surface area contributed by atoms with E-state index in [9.17, 15) is 0 Å². The van der Waals surface area contributed by atoms with E-state index in [0.29, 0.717) is 5.92 Å². The highest BCUT2D eigenvalue weighted by Crippen LogP contribution is 2.26. The molecule has 2 aromatic rings. The molecule has 0 aliphatic rings. The van der Waals surface area contributed by atoms with Crippen LogP contribution in [0.1, 0.15) is 38.7 Å². The molecule has 2 heterocycles. The van der Waals surface area contributed by atoms with Crippen molar-refractivity contribution in [2.75, 3.05) is 11.9 Å². The molecule has 96 valence electrons. The van der Waals surface area contributed by atoms with E-state index in [1.807, 2.05) is 0 Å². The van der Waals surface area contributed by atoms with Crippen molar-refractivity contribution in [3.8, 4) is 5.82 Å². The second-order valence-electron chi connectivity index (χ2n) is 4.38. The molecule has 0 radical (unpaired) electrons. The van der Waals surface area contributed by atoms with Gasteiger partial charge in [-0.05, 0) is 12.3 Å². The van der Waals surface area contributed by atoms with Gasteiger partial charge in [0.2, 0.25) is 0 Å². The van der Waals surface area contributed by atoms with E-state index in [1.165, 1.54) is 6.33 Å². The number of hydrogen-bond acceptors (Lipinski definition) is 5. The number of anilines is 1. The fraction of sp³-hybridized carbons (Fsp3) is 0.500. The van der Waals surface area contributed by atoms with Gasteiger partial charge >= 0.3 is 0 Å². The first-order chi connectivity index (χ1) is 8.74. The molecule has 0 saturated carbocycles. The van der Waals surface area contributed by atoms with Crippen molar-refractivity contribution in [2.24, 2.45) is 0 Å². The zero-order chi connectivity index (χ0) is 13.0. The van der Waals surface area contributed by atoms with Gasteiger partial charge in [-0.1, -0.05) is 20.8 Å². The topological polar surface area (TPSA) is 68.5 Å². The molecule has 6 nitrogen and oxygen atoms in total. The van der Waals surface area contributed by atoms with E-state index in [-0.39, 0.29) is 0 Å². The summed E-state index contributed by atoms with van der Waals surface area (Å²) >= 11 is 0. The number of nitrogens with one attached hydrogen (secondary N) is 1. The van der Waals surface area contributed by atoms with Crippen LogP contribution < -0.4 is 5.32 Å². The van der Waals surface area contributed by atoms with Gasteiger partial charge in [0, 0.05) is 12.1 Å². The summed E-state index contributed by atoms with van der Waals surface area (Å²) in [5, 5.41) is 7.47. The molecule has 18 heavy (non-hydrogen) atoms. The van der Waals surface area contributed by atoms with Crippen molar-refractivity contribution in [2.45, 2.75) is 33.1 Å². The lowest BCUT2D eigenvalue weighted by Gasteiger charge is -2.16. The zero-order valence-electron chi connectivity index (χ0n) is 11.0. The summed E-state index contributed by atoms with van der Waals surface area (Å²) in [5.41, 5.74) is 1.07. The molecule has 2 rings (SSSR count). The molecule has 0 aliphatic heterocycles. The largest absolute Gasteiger partial charge is 0.370 e. The number of nitrogens with zero attached hydrogens (tertiary/aromatic N) is 5. The third-order valence-corrected chi connectivity index (χ3v) is 2.62. The van der Waals surface area contributed by atoms with Crippen LogP contribution in [0, 0.1) is 0 Å². The average Bonchev–Trinajstić information content (AvgIpc) is 2.89. The third-order valence-electron chi connectivity index (χ3n) is 2.62. The monoisotopic (exact) mass is 246 g/mol. The maximum absolute atomic E-state index is 4.32. The quantitative estimate of drug-likeness (QED) is 0.874. The predicted octanol–water partition coefficient (Wildman–Crippen LogP) is 2.00.